The predicted molar refractivity (Wildman–Crippen MR) is 75.8 cm³/mol. The van der Waals surface area contributed by atoms with Gasteiger partial charge >= 0.3 is 0 Å². The standard InChI is InChI=1S/C15H24N2O/c1-2-13-4-3-9-17(12-13)10-11-18-15-7-5-14(16)6-8-15/h5-8,13H,2-4,9-12,16H2,1H3. The second-order valence-electron chi connectivity index (χ2n) is 5.13. The summed E-state index contributed by atoms with van der Waals surface area (Å²) in [6, 6.07) is 7.62. The average molecular weight is 248 g/mol. The van der Waals surface area contributed by atoms with Crippen LogP contribution < -0.4 is 10.5 Å². The summed E-state index contributed by atoms with van der Waals surface area (Å²) in [5.41, 5.74) is 6.42. The van der Waals surface area contributed by atoms with Crippen LogP contribution in [0.2, 0.25) is 0 Å². The van der Waals surface area contributed by atoms with Crippen LogP contribution in [0.3, 0.4) is 0 Å². The maximum atomic E-state index is 5.74. The number of nitrogens with two attached hydrogens (primary N) is 1. The lowest BCUT2D eigenvalue weighted by atomic mass is 9.96. The molecule has 0 aliphatic carbocycles. The Balaban J connectivity index is 1.70. The summed E-state index contributed by atoms with van der Waals surface area (Å²) in [6.07, 6.45) is 4.03. The second kappa shape index (κ2) is 6.64. The molecule has 1 aliphatic heterocycles. The van der Waals surface area contributed by atoms with Crippen molar-refractivity contribution in [2.75, 3.05) is 32.0 Å². The minimum Gasteiger partial charge on any atom is -0.492 e. The van der Waals surface area contributed by atoms with E-state index in [-0.39, 0.29) is 0 Å². The molecule has 2 N–H and O–H groups in total. The molecular weight excluding hydrogens is 224 g/mol. The molecule has 0 spiro atoms. The third-order valence-corrected chi connectivity index (χ3v) is 3.74. The molecule has 100 valence electrons. The molecule has 1 heterocycles. The van der Waals surface area contributed by atoms with Crippen molar-refractivity contribution in [1.82, 2.24) is 4.90 Å². The first-order chi connectivity index (χ1) is 8.78. The topological polar surface area (TPSA) is 38.5 Å². The van der Waals surface area contributed by atoms with Crippen molar-refractivity contribution < 1.29 is 4.74 Å². The maximum Gasteiger partial charge on any atom is 0.119 e. The zero-order valence-corrected chi connectivity index (χ0v) is 11.3. The summed E-state index contributed by atoms with van der Waals surface area (Å²) in [5.74, 6) is 1.79. The molecule has 3 nitrogen and oxygen atoms in total. The van der Waals surface area contributed by atoms with Crippen molar-refractivity contribution in [2.24, 2.45) is 5.92 Å². The number of anilines is 1. The summed E-state index contributed by atoms with van der Waals surface area (Å²) in [6.45, 7) is 6.55. The highest BCUT2D eigenvalue weighted by Gasteiger charge is 2.17. The summed E-state index contributed by atoms with van der Waals surface area (Å²) in [5, 5.41) is 0. The lowest BCUT2D eigenvalue weighted by Crippen LogP contribution is -2.37. The Morgan fingerprint density at radius 2 is 2.11 bits per heavy atom. The van der Waals surface area contributed by atoms with Gasteiger partial charge in [-0.2, -0.15) is 0 Å². The number of nitrogens with zero attached hydrogens (tertiary/aromatic N) is 1. The highest BCUT2D eigenvalue weighted by atomic mass is 16.5. The van der Waals surface area contributed by atoms with E-state index >= 15 is 0 Å². The van der Waals surface area contributed by atoms with Crippen LogP contribution >= 0.6 is 0 Å². The minimum absolute atomic E-state index is 0.764. The molecule has 0 amide bonds. The third kappa shape index (κ3) is 3.91. The van der Waals surface area contributed by atoms with Gasteiger partial charge in [-0.25, -0.2) is 0 Å². The molecule has 0 aromatic heterocycles. The smallest absolute Gasteiger partial charge is 0.119 e. The van der Waals surface area contributed by atoms with Gasteiger partial charge in [0.15, 0.2) is 0 Å². The third-order valence-electron chi connectivity index (χ3n) is 3.74. The van der Waals surface area contributed by atoms with E-state index in [2.05, 4.69) is 11.8 Å². The van der Waals surface area contributed by atoms with Crippen LogP contribution in [0.4, 0.5) is 5.69 Å². The zero-order chi connectivity index (χ0) is 12.8. The van der Waals surface area contributed by atoms with E-state index < -0.39 is 0 Å². The largest absolute Gasteiger partial charge is 0.492 e. The van der Waals surface area contributed by atoms with Crippen LogP contribution in [0.5, 0.6) is 5.75 Å². The number of benzene rings is 1. The fourth-order valence-corrected chi connectivity index (χ4v) is 2.54. The Hall–Kier alpha value is -1.22. The number of piperidine rings is 1. The number of nitrogen functional groups attached to an aromatic ring is 1. The molecule has 1 fully saturated rings. The number of ether oxygens (including phenoxy) is 1. The molecule has 3 heteroatoms. The van der Waals surface area contributed by atoms with E-state index in [1.807, 2.05) is 24.3 Å². The van der Waals surface area contributed by atoms with Gasteiger partial charge in [-0.15, -0.1) is 0 Å². The van der Waals surface area contributed by atoms with Gasteiger partial charge in [0.2, 0.25) is 0 Å². The van der Waals surface area contributed by atoms with Crippen LogP contribution in [-0.4, -0.2) is 31.1 Å². The van der Waals surface area contributed by atoms with E-state index in [1.165, 1.54) is 32.4 Å². The molecule has 0 radical (unpaired) electrons. The number of rotatable bonds is 5. The molecule has 2 rings (SSSR count). The van der Waals surface area contributed by atoms with Crippen molar-refractivity contribution in [3.63, 3.8) is 0 Å². The Bertz CT molecular complexity index is 350. The summed E-state index contributed by atoms with van der Waals surface area (Å²) in [7, 11) is 0. The van der Waals surface area contributed by atoms with Crippen molar-refractivity contribution in [3.8, 4) is 5.75 Å². The normalized spacial score (nSPS) is 20.8. The molecule has 1 aromatic carbocycles. The SMILES string of the molecule is CCC1CCCN(CCOc2ccc(N)cc2)C1. The monoisotopic (exact) mass is 248 g/mol. The van der Waals surface area contributed by atoms with Crippen LogP contribution in [0, 0.1) is 5.92 Å². The Morgan fingerprint density at radius 1 is 1.33 bits per heavy atom. The number of likely N-dealkylation sites (tertiary alicyclic amines) is 1. The molecule has 1 atom stereocenters. The van der Waals surface area contributed by atoms with Gasteiger partial charge in [-0.3, -0.25) is 4.90 Å². The Kier molecular flexibility index (Phi) is 4.88. The highest BCUT2D eigenvalue weighted by Crippen LogP contribution is 2.19. The lowest BCUT2D eigenvalue weighted by molar-refractivity contribution is 0.145. The molecule has 1 unspecified atom stereocenters. The summed E-state index contributed by atoms with van der Waals surface area (Å²) < 4.78 is 5.74. The first kappa shape index (κ1) is 13.2. The van der Waals surface area contributed by atoms with Crippen molar-refractivity contribution in [1.29, 1.82) is 0 Å². The molecular formula is C15H24N2O. The van der Waals surface area contributed by atoms with Gasteiger partial charge in [-0.1, -0.05) is 13.3 Å². The molecule has 0 saturated carbocycles. The maximum absolute atomic E-state index is 5.74. The van der Waals surface area contributed by atoms with Crippen LogP contribution in [0.1, 0.15) is 26.2 Å². The zero-order valence-electron chi connectivity index (χ0n) is 11.3. The van der Waals surface area contributed by atoms with Crippen molar-refractivity contribution in [3.05, 3.63) is 24.3 Å². The Morgan fingerprint density at radius 3 is 2.83 bits per heavy atom. The van der Waals surface area contributed by atoms with E-state index in [1.54, 1.807) is 0 Å². The fourth-order valence-electron chi connectivity index (χ4n) is 2.54. The molecule has 1 aliphatic rings. The second-order valence-corrected chi connectivity index (χ2v) is 5.13. The first-order valence-electron chi connectivity index (χ1n) is 6.98. The van der Waals surface area contributed by atoms with E-state index in [0.29, 0.717) is 0 Å². The van der Waals surface area contributed by atoms with Gasteiger partial charge < -0.3 is 10.5 Å². The van der Waals surface area contributed by atoms with E-state index in [4.69, 9.17) is 10.5 Å². The lowest BCUT2D eigenvalue weighted by Gasteiger charge is -2.32. The number of hydrogen-bond donors (Lipinski definition) is 1. The summed E-state index contributed by atoms with van der Waals surface area (Å²) >= 11 is 0. The molecule has 1 aromatic rings. The molecule has 1 saturated heterocycles. The average Bonchev–Trinajstić information content (AvgIpc) is 2.41. The molecule has 0 bridgehead atoms. The number of hydrogen-bond acceptors (Lipinski definition) is 3. The van der Waals surface area contributed by atoms with Crippen LogP contribution in [0.15, 0.2) is 24.3 Å². The minimum atomic E-state index is 0.764. The van der Waals surface area contributed by atoms with Crippen LogP contribution in [0.25, 0.3) is 0 Å². The van der Waals surface area contributed by atoms with Crippen molar-refractivity contribution in [2.45, 2.75) is 26.2 Å². The van der Waals surface area contributed by atoms with Crippen LogP contribution in [-0.2, 0) is 0 Å². The molecule has 18 heavy (non-hydrogen) atoms. The van der Waals surface area contributed by atoms with Gasteiger partial charge in [0.1, 0.15) is 12.4 Å². The quantitative estimate of drug-likeness (QED) is 0.814. The van der Waals surface area contributed by atoms with Gasteiger partial charge in [0.25, 0.3) is 0 Å². The van der Waals surface area contributed by atoms with Gasteiger partial charge in [-0.05, 0) is 49.6 Å². The van der Waals surface area contributed by atoms with E-state index in [0.717, 1.165) is 30.5 Å². The van der Waals surface area contributed by atoms with Gasteiger partial charge in [0.05, 0.1) is 0 Å². The van der Waals surface area contributed by atoms with E-state index in [9.17, 15) is 0 Å². The van der Waals surface area contributed by atoms with Crippen molar-refractivity contribution >= 4 is 5.69 Å². The Labute approximate surface area is 110 Å². The highest BCUT2D eigenvalue weighted by molar-refractivity contribution is 5.41. The fraction of sp³-hybridized carbons (Fsp3) is 0.600. The summed E-state index contributed by atoms with van der Waals surface area (Å²) in [4.78, 5) is 2.52. The first-order valence-corrected chi connectivity index (χ1v) is 6.98. The van der Waals surface area contributed by atoms with Gasteiger partial charge in [0, 0.05) is 18.8 Å². The predicted octanol–water partition coefficient (Wildman–Crippen LogP) is 2.77.